The molecular formula is C14H18N2O3. The highest BCUT2D eigenvalue weighted by atomic mass is 16.4. The second-order valence-corrected chi connectivity index (χ2v) is 5.05. The molecule has 0 saturated carbocycles. The van der Waals surface area contributed by atoms with E-state index in [1.54, 1.807) is 17.0 Å². The molecule has 1 saturated heterocycles. The summed E-state index contributed by atoms with van der Waals surface area (Å²) in [5.74, 6) is -1.59. The molecule has 1 heterocycles. The number of nitrogens with zero attached hydrogens (tertiary/aromatic N) is 1. The number of aliphatic carboxylic acids is 1. The van der Waals surface area contributed by atoms with E-state index in [-0.39, 0.29) is 18.4 Å². The molecule has 1 aliphatic heterocycles. The molecule has 3 N–H and O–H groups in total. The maximum absolute atomic E-state index is 12.3. The third-order valence-electron chi connectivity index (χ3n) is 3.67. The molecule has 102 valence electrons. The fraction of sp³-hybridized carbons (Fsp3) is 0.429. The molecule has 0 spiro atoms. The molecule has 3 atom stereocenters. The van der Waals surface area contributed by atoms with Crippen molar-refractivity contribution >= 4 is 11.9 Å². The molecule has 5 heteroatoms. The Kier molecular flexibility index (Phi) is 3.85. The number of rotatable bonds is 3. The summed E-state index contributed by atoms with van der Waals surface area (Å²) in [6.07, 6.45) is 0. The Balaban J connectivity index is 2.07. The lowest BCUT2D eigenvalue weighted by Crippen LogP contribution is -2.37. The fourth-order valence-corrected chi connectivity index (χ4v) is 2.47. The molecule has 0 bridgehead atoms. The number of hydrogen-bond acceptors (Lipinski definition) is 3. The van der Waals surface area contributed by atoms with Gasteiger partial charge in [0.1, 0.15) is 6.04 Å². The molecule has 1 aliphatic rings. The Bertz CT molecular complexity index is 475. The third-order valence-corrected chi connectivity index (χ3v) is 3.67. The lowest BCUT2D eigenvalue weighted by atomic mass is 9.99. The van der Waals surface area contributed by atoms with Crippen LogP contribution in [0.2, 0.25) is 0 Å². The van der Waals surface area contributed by atoms with Crippen LogP contribution in [-0.2, 0) is 9.59 Å². The van der Waals surface area contributed by atoms with E-state index in [0.29, 0.717) is 6.54 Å². The summed E-state index contributed by atoms with van der Waals surface area (Å²) in [6.45, 7) is 2.55. The van der Waals surface area contributed by atoms with Gasteiger partial charge in [-0.25, -0.2) is 0 Å². The van der Waals surface area contributed by atoms with E-state index in [0.717, 1.165) is 5.56 Å². The van der Waals surface area contributed by atoms with Crippen LogP contribution in [0.1, 0.15) is 18.5 Å². The summed E-state index contributed by atoms with van der Waals surface area (Å²) in [5, 5.41) is 9.07. The van der Waals surface area contributed by atoms with E-state index in [2.05, 4.69) is 0 Å². The van der Waals surface area contributed by atoms with Crippen LogP contribution in [0, 0.1) is 11.8 Å². The average Bonchev–Trinajstić information content (AvgIpc) is 2.80. The van der Waals surface area contributed by atoms with E-state index in [1.165, 1.54) is 0 Å². The first-order valence-corrected chi connectivity index (χ1v) is 6.33. The largest absolute Gasteiger partial charge is 0.481 e. The Labute approximate surface area is 112 Å². The third kappa shape index (κ3) is 2.76. The Hall–Kier alpha value is -1.88. The topological polar surface area (TPSA) is 83.6 Å². The van der Waals surface area contributed by atoms with Gasteiger partial charge in [0.15, 0.2) is 0 Å². The number of carbonyl (C=O) groups is 2. The van der Waals surface area contributed by atoms with Crippen molar-refractivity contribution in [2.45, 2.75) is 13.0 Å². The summed E-state index contributed by atoms with van der Waals surface area (Å²) in [4.78, 5) is 24.9. The van der Waals surface area contributed by atoms with Crippen LogP contribution in [0.4, 0.5) is 0 Å². The molecule has 19 heavy (non-hydrogen) atoms. The standard InChI is InChI=1S/C14H18N2O3/c1-9-7-16(8-11(9)14(18)19)13(17)12(15)10-5-3-2-4-6-10/h2-6,9,11-12H,7-8,15H2,1H3,(H,18,19)/t9-,11-,12?/m1/s1. The molecule has 1 aromatic carbocycles. The van der Waals surface area contributed by atoms with Gasteiger partial charge in [-0.15, -0.1) is 0 Å². The van der Waals surface area contributed by atoms with Crippen molar-refractivity contribution in [3.05, 3.63) is 35.9 Å². The van der Waals surface area contributed by atoms with Crippen molar-refractivity contribution in [2.24, 2.45) is 17.6 Å². The Morgan fingerprint density at radius 1 is 1.32 bits per heavy atom. The maximum atomic E-state index is 12.3. The second kappa shape index (κ2) is 5.40. The van der Waals surface area contributed by atoms with Gasteiger partial charge in [-0.05, 0) is 11.5 Å². The van der Waals surface area contributed by atoms with Crippen LogP contribution in [0.25, 0.3) is 0 Å². The van der Waals surface area contributed by atoms with Crippen molar-refractivity contribution in [3.8, 4) is 0 Å². The molecule has 1 aromatic rings. The van der Waals surface area contributed by atoms with Crippen molar-refractivity contribution in [1.29, 1.82) is 0 Å². The van der Waals surface area contributed by atoms with Gasteiger partial charge in [-0.1, -0.05) is 37.3 Å². The highest BCUT2D eigenvalue weighted by molar-refractivity contribution is 5.84. The normalized spacial score (nSPS) is 24.2. The Morgan fingerprint density at radius 2 is 1.95 bits per heavy atom. The van der Waals surface area contributed by atoms with Gasteiger partial charge in [-0.2, -0.15) is 0 Å². The van der Waals surface area contributed by atoms with E-state index in [1.807, 2.05) is 25.1 Å². The molecular weight excluding hydrogens is 244 g/mol. The van der Waals surface area contributed by atoms with Crippen molar-refractivity contribution < 1.29 is 14.7 Å². The van der Waals surface area contributed by atoms with E-state index in [9.17, 15) is 9.59 Å². The predicted octanol–water partition coefficient (Wildman–Crippen LogP) is 0.865. The van der Waals surface area contributed by atoms with Gasteiger partial charge < -0.3 is 15.7 Å². The van der Waals surface area contributed by atoms with Gasteiger partial charge >= 0.3 is 5.97 Å². The van der Waals surface area contributed by atoms with Gasteiger partial charge in [0.2, 0.25) is 5.91 Å². The fourth-order valence-electron chi connectivity index (χ4n) is 2.47. The zero-order valence-electron chi connectivity index (χ0n) is 10.8. The minimum Gasteiger partial charge on any atom is -0.481 e. The van der Waals surface area contributed by atoms with Crippen LogP contribution in [0.5, 0.6) is 0 Å². The van der Waals surface area contributed by atoms with Crippen LogP contribution < -0.4 is 5.73 Å². The van der Waals surface area contributed by atoms with Gasteiger partial charge in [0.05, 0.1) is 5.92 Å². The summed E-state index contributed by atoms with van der Waals surface area (Å²) in [7, 11) is 0. The number of likely N-dealkylation sites (tertiary alicyclic amines) is 1. The van der Waals surface area contributed by atoms with E-state index < -0.39 is 17.9 Å². The highest BCUT2D eigenvalue weighted by Crippen LogP contribution is 2.25. The van der Waals surface area contributed by atoms with E-state index in [4.69, 9.17) is 10.8 Å². The first kappa shape index (κ1) is 13.5. The van der Waals surface area contributed by atoms with Crippen LogP contribution in [0.3, 0.4) is 0 Å². The van der Waals surface area contributed by atoms with Gasteiger partial charge in [0.25, 0.3) is 0 Å². The molecule has 0 aliphatic carbocycles. The number of amides is 1. The first-order chi connectivity index (χ1) is 9.00. The lowest BCUT2D eigenvalue weighted by molar-refractivity contribution is -0.142. The Morgan fingerprint density at radius 3 is 2.47 bits per heavy atom. The molecule has 0 radical (unpaired) electrons. The molecule has 2 rings (SSSR count). The van der Waals surface area contributed by atoms with Crippen LogP contribution in [0.15, 0.2) is 30.3 Å². The number of carboxylic acids is 1. The number of nitrogens with two attached hydrogens (primary N) is 1. The molecule has 1 unspecified atom stereocenters. The number of carboxylic acid groups (broad SMARTS) is 1. The van der Waals surface area contributed by atoms with Crippen molar-refractivity contribution in [3.63, 3.8) is 0 Å². The SMILES string of the molecule is C[C@@H]1CN(C(=O)C(N)c2ccccc2)C[C@H]1C(=O)O. The summed E-state index contributed by atoms with van der Waals surface area (Å²) in [5.41, 5.74) is 6.70. The van der Waals surface area contributed by atoms with Gasteiger partial charge in [-0.3, -0.25) is 9.59 Å². The minimum absolute atomic E-state index is 0.0376. The van der Waals surface area contributed by atoms with Crippen LogP contribution in [-0.4, -0.2) is 35.0 Å². The molecule has 1 amide bonds. The zero-order chi connectivity index (χ0) is 14.0. The quantitative estimate of drug-likeness (QED) is 0.846. The summed E-state index contributed by atoms with van der Waals surface area (Å²) in [6, 6.07) is 8.40. The maximum Gasteiger partial charge on any atom is 0.308 e. The molecule has 5 nitrogen and oxygen atoms in total. The molecule has 0 aromatic heterocycles. The highest BCUT2D eigenvalue weighted by Gasteiger charge is 2.38. The van der Waals surface area contributed by atoms with E-state index >= 15 is 0 Å². The second-order valence-electron chi connectivity index (χ2n) is 5.05. The number of benzene rings is 1. The smallest absolute Gasteiger partial charge is 0.308 e. The summed E-state index contributed by atoms with van der Waals surface area (Å²) >= 11 is 0. The predicted molar refractivity (Wildman–Crippen MR) is 70.2 cm³/mol. The monoisotopic (exact) mass is 262 g/mol. The summed E-state index contributed by atoms with van der Waals surface area (Å²) < 4.78 is 0. The van der Waals surface area contributed by atoms with Gasteiger partial charge in [0, 0.05) is 13.1 Å². The lowest BCUT2D eigenvalue weighted by Gasteiger charge is -2.20. The zero-order valence-corrected chi connectivity index (χ0v) is 10.8. The number of carbonyl (C=O) groups excluding carboxylic acids is 1. The number of hydrogen-bond donors (Lipinski definition) is 2. The minimum atomic E-state index is -0.851. The van der Waals surface area contributed by atoms with Crippen molar-refractivity contribution in [2.75, 3.05) is 13.1 Å². The van der Waals surface area contributed by atoms with Crippen molar-refractivity contribution in [1.82, 2.24) is 4.90 Å². The molecule has 1 fully saturated rings. The average molecular weight is 262 g/mol. The van der Waals surface area contributed by atoms with Crippen LogP contribution >= 0.6 is 0 Å². The first-order valence-electron chi connectivity index (χ1n) is 6.33.